The van der Waals surface area contributed by atoms with Crippen molar-refractivity contribution >= 4 is 22.6 Å². The molecule has 1 aromatic heterocycles. The Morgan fingerprint density at radius 2 is 1.85 bits per heavy atom. The second-order valence-corrected chi connectivity index (χ2v) is 4.97. The fourth-order valence-corrected chi connectivity index (χ4v) is 2.28. The van der Waals surface area contributed by atoms with E-state index in [0.29, 0.717) is 27.1 Å². The summed E-state index contributed by atoms with van der Waals surface area (Å²) in [5.74, 6) is 0.646. The summed E-state index contributed by atoms with van der Waals surface area (Å²) < 4.78 is 5.90. The van der Waals surface area contributed by atoms with Gasteiger partial charge in [0.25, 0.3) is 0 Å². The number of benzene rings is 2. The summed E-state index contributed by atoms with van der Waals surface area (Å²) in [7, 11) is 0. The number of halogens is 1. The zero-order chi connectivity index (χ0) is 14.1. The largest absolute Gasteiger partial charge is 0.456 e. The number of nitrogens with zero attached hydrogens (tertiary/aromatic N) is 1. The average Bonchev–Trinajstić information content (AvgIpc) is 2.48. The Balaban J connectivity index is 2.36. The summed E-state index contributed by atoms with van der Waals surface area (Å²) in [5, 5.41) is 14.3. The average molecular weight is 286 g/mol. The molecule has 0 amide bonds. The number of hydrogen-bond donors (Lipinski definition) is 1. The lowest BCUT2D eigenvalue weighted by Crippen LogP contribution is -2.03. The van der Waals surface area contributed by atoms with Crippen LogP contribution in [0.5, 0.6) is 0 Å². The maximum absolute atomic E-state index is 9.21. The van der Waals surface area contributed by atoms with Crippen LogP contribution in [-0.4, -0.2) is 5.21 Å². The van der Waals surface area contributed by atoms with E-state index in [1.165, 1.54) is 0 Å². The lowest BCUT2D eigenvalue weighted by molar-refractivity contribution is 0.302. The van der Waals surface area contributed by atoms with Crippen LogP contribution in [0.15, 0.2) is 58.1 Å². The van der Waals surface area contributed by atoms with E-state index in [1.807, 2.05) is 43.3 Å². The van der Waals surface area contributed by atoms with Crippen molar-refractivity contribution in [1.82, 2.24) is 0 Å². The highest BCUT2D eigenvalue weighted by Gasteiger charge is 2.08. The fourth-order valence-electron chi connectivity index (χ4n) is 2.12. The molecule has 2 aromatic carbocycles. The third kappa shape index (κ3) is 2.17. The van der Waals surface area contributed by atoms with Gasteiger partial charge in [-0.05, 0) is 24.6 Å². The van der Waals surface area contributed by atoms with Gasteiger partial charge >= 0.3 is 0 Å². The smallest absolute Gasteiger partial charge is 0.137 e. The summed E-state index contributed by atoms with van der Waals surface area (Å²) in [6.07, 6.45) is 0. The van der Waals surface area contributed by atoms with Crippen LogP contribution in [0.2, 0.25) is 5.02 Å². The number of fused-ring (bicyclic) bond motifs is 1. The molecule has 20 heavy (non-hydrogen) atoms. The Bertz CT molecular complexity index is 838. The molecule has 0 aliphatic carbocycles. The molecule has 0 radical (unpaired) electrons. The Morgan fingerprint density at radius 3 is 2.55 bits per heavy atom. The van der Waals surface area contributed by atoms with Gasteiger partial charge in [-0.3, -0.25) is 0 Å². The van der Waals surface area contributed by atoms with Gasteiger partial charge in [-0.25, -0.2) is 0 Å². The first-order valence-corrected chi connectivity index (χ1v) is 6.54. The molecule has 0 aliphatic rings. The first-order chi connectivity index (χ1) is 9.69. The van der Waals surface area contributed by atoms with E-state index in [1.54, 1.807) is 12.1 Å². The first-order valence-electron chi connectivity index (χ1n) is 6.16. The minimum absolute atomic E-state index is 0.437. The minimum atomic E-state index is 0.437. The fraction of sp³-hybridized carbons (Fsp3) is 0.0625. The van der Waals surface area contributed by atoms with Crippen LogP contribution in [0.3, 0.4) is 0 Å². The van der Waals surface area contributed by atoms with E-state index in [2.05, 4.69) is 5.16 Å². The van der Waals surface area contributed by atoms with Crippen molar-refractivity contribution in [2.24, 2.45) is 5.16 Å². The van der Waals surface area contributed by atoms with Crippen molar-refractivity contribution < 1.29 is 9.62 Å². The lowest BCUT2D eigenvalue weighted by atomic mass is 10.1. The number of rotatable bonds is 1. The van der Waals surface area contributed by atoms with E-state index < -0.39 is 0 Å². The SMILES string of the molecule is Cc1cc2oc(-c3ccccc3)c/c(=N/O)c2cc1Cl. The molecule has 0 aliphatic heterocycles. The maximum Gasteiger partial charge on any atom is 0.137 e. The zero-order valence-corrected chi connectivity index (χ0v) is 11.6. The molecule has 0 saturated carbocycles. The van der Waals surface area contributed by atoms with Crippen molar-refractivity contribution in [2.45, 2.75) is 6.92 Å². The highest BCUT2D eigenvalue weighted by atomic mass is 35.5. The van der Waals surface area contributed by atoms with Gasteiger partial charge in [0.05, 0.1) is 0 Å². The Kier molecular flexibility index (Phi) is 3.20. The molecular weight excluding hydrogens is 274 g/mol. The highest BCUT2D eigenvalue weighted by molar-refractivity contribution is 6.32. The molecule has 3 nitrogen and oxygen atoms in total. The van der Waals surface area contributed by atoms with Gasteiger partial charge in [0.15, 0.2) is 0 Å². The van der Waals surface area contributed by atoms with Crippen LogP contribution in [0.25, 0.3) is 22.3 Å². The third-order valence-corrected chi connectivity index (χ3v) is 3.60. The third-order valence-electron chi connectivity index (χ3n) is 3.19. The van der Waals surface area contributed by atoms with Gasteiger partial charge < -0.3 is 9.62 Å². The van der Waals surface area contributed by atoms with Crippen LogP contribution in [-0.2, 0) is 0 Å². The molecular formula is C16H12ClNO2. The second kappa shape index (κ2) is 5.02. The van der Waals surface area contributed by atoms with Gasteiger partial charge in [0.1, 0.15) is 16.7 Å². The first kappa shape index (κ1) is 12.8. The van der Waals surface area contributed by atoms with E-state index in [9.17, 15) is 5.21 Å². The van der Waals surface area contributed by atoms with Crippen LogP contribution in [0.1, 0.15) is 5.56 Å². The maximum atomic E-state index is 9.21. The lowest BCUT2D eigenvalue weighted by Gasteiger charge is -2.06. The zero-order valence-electron chi connectivity index (χ0n) is 10.8. The van der Waals surface area contributed by atoms with Crippen molar-refractivity contribution in [3.8, 4) is 11.3 Å². The van der Waals surface area contributed by atoms with Crippen LogP contribution < -0.4 is 5.36 Å². The van der Waals surface area contributed by atoms with E-state index >= 15 is 0 Å². The topological polar surface area (TPSA) is 45.7 Å². The van der Waals surface area contributed by atoms with Crippen molar-refractivity contribution in [3.63, 3.8) is 0 Å². The van der Waals surface area contributed by atoms with Crippen LogP contribution in [0, 0.1) is 6.92 Å². The van der Waals surface area contributed by atoms with Gasteiger partial charge in [0.2, 0.25) is 0 Å². The molecule has 100 valence electrons. The van der Waals surface area contributed by atoms with E-state index in [-0.39, 0.29) is 0 Å². The van der Waals surface area contributed by atoms with Gasteiger partial charge in [-0.15, -0.1) is 0 Å². The molecule has 3 rings (SSSR count). The van der Waals surface area contributed by atoms with E-state index in [4.69, 9.17) is 16.0 Å². The van der Waals surface area contributed by atoms with E-state index in [0.717, 1.165) is 11.1 Å². The number of aryl methyl sites for hydroxylation is 1. The van der Waals surface area contributed by atoms with Crippen molar-refractivity contribution in [1.29, 1.82) is 0 Å². The summed E-state index contributed by atoms with van der Waals surface area (Å²) in [5.41, 5.74) is 2.48. The van der Waals surface area contributed by atoms with Crippen LogP contribution >= 0.6 is 11.6 Å². The molecule has 3 aromatic rings. The summed E-state index contributed by atoms with van der Waals surface area (Å²) in [6, 6.07) is 15.0. The molecule has 0 atom stereocenters. The molecule has 4 heteroatoms. The molecule has 1 heterocycles. The Labute approximate surface area is 120 Å². The molecule has 0 unspecified atom stereocenters. The predicted octanol–water partition coefficient (Wildman–Crippen LogP) is 4.35. The molecule has 1 N–H and O–H groups in total. The Morgan fingerprint density at radius 1 is 1.10 bits per heavy atom. The number of hydrogen-bond acceptors (Lipinski definition) is 3. The van der Waals surface area contributed by atoms with Gasteiger partial charge in [0, 0.05) is 22.0 Å². The highest BCUT2D eigenvalue weighted by Crippen LogP contribution is 2.25. The molecule has 0 saturated heterocycles. The van der Waals surface area contributed by atoms with Crippen molar-refractivity contribution in [2.75, 3.05) is 0 Å². The monoisotopic (exact) mass is 285 g/mol. The van der Waals surface area contributed by atoms with Gasteiger partial charge in [-0.1, -0.05) is 47.1 Å². The second-order valence-electron chi connectivity index (χ2n) is 4.56. The summed E-state index contributed by atoms with van der Waals surface area (Å²) >= 11 is 6.11. The van der Waals surface area contributed by atoms with Gasteiger partial charge in [-0.2, -0.15) is 0 Å². The predicted molar refractivity (Wildman–Crippen MR) is 78.7 cm³/mol. The summed E-state index contributed by atoms with van der Waals surface area (Å²) in [6.45, 7) is 1.91. The minimum Gasteiger partial charge on any atom is -0.456 e. The quantitative estimate of drug-likeness (QED) is 0.533. The Hall–Kier alpha value is -2.26. The normalized spacial score (nSPS) is 12.0. The van der Waals surface area contributed by atoms with Crippen molar-refractivity contribution in [3.05, 3.63) is 64.5 Å². The molecule has 0 bridgehead atoms. The molecule has 0 fully saturated rings. The standard InChI is InChI=1S/C16H12ClNO2/c1-10-7-16-12(8-13(10)17)14(18-19)9-15(20-16)11-5-3-2-4-6-11/h2-9,19H,1H3/b18-14-. The molecule has 0 spiro atoms. The van der Waals surface area contributed by atoms with Crippen LogP contribution in [0.4, 0.5) is 0 Å². The summed E-state index contributed by atoms with van der Waals surface area (Å²) in [4.78, 5) is 0.